The number of nitrogens with one attached hydrogen (secondary N) is 1. The van der Waals surface area contributed by atoms with Crippen molar-refractivity contribution < 1.29 is 9.90 Å². The highest BCUT2D eigenvalue weighted by molar-refractivity contribution is 5.73. The molecule has 2 N–H and O–H groups in total. The first-order valence-corrected chi connectivity index (χ1v) is 5.26. The molecule has 0 bridgehead atoms. The summed E-state index contributed by atoms with van der Waals surface area (Å²) in [5.74, 6) is 0.0772. The summed E-state index contributed by atoms with van der Waals surface area (Å²) in [4.78, 5) is 10.8. The van der Waals surface area contributed by atoms with Crippen molar-refractivity contribution in [1.29, 1.82) is 0 Å². The summed E-state index contributed by atoms with van der Waals surface area (Å²) >= 11 is 0. The van der Waals surface area contributed by atoms with Gasteiger partial charge in [-0.05, 0) is 31.6 Å². The normalized spacial score (nSPS) is 39.5. The molecular weight excluding hydrogens is 166 g/mol. The van der Waals surface area contributed by atoms with Gasteiger partial charge >= 0.3 is 5.97 Å². The highest BCUT2D eigenvalue weighted by atomic mass is 16.4. The molecule has 0 aromatic carbocycles. The number of hydrogen-bond acceptors (Lipinski definition) is 2. The summed E-state index contributed by atoms with van der Waals surface area (Å²) in [5.41, 5.74) is 0. The minimum Gasteiger partial charge on any atom is -0.480 e. The van der Waals surface area contributed by atoms with Gasteiger partial charge in [0.2, 0.25) is 0 Å². The average molecular weight is 183 g/mol. The molecule has 0 unspecified atom stereocenters. The number of piperidine rings is 1. The molecule has 2 rings (SSSR count). The third-order valence-corrected chi connectivity index (χ3v) is 3.45. The second kappa shape index (κ2) is 3.66. The van der Waals surface area contributed by atoms with Crippen LogP contribution in [0, 0.1) is 5.92 Å². The quantitative estimate of drug-likeness (QED) is 0.645. The molecule has 1 aliphatic carbocycles. The van der Waals surface area contributed by atoms with Gasteiger partial charge in [-0.1, -0.05) is 12.8 Å². The fourth-order valence-electron chi connectivity index (χ4n) is 2.69. The van der Waals surface area contributed by atoms with Crippen molar-refractivity contribution in [3.8, 4) is 0 Å². The standard InChI is InChI=1S/C10H17NO2/c12-10(13)9-6-5-7-3-1-2-4-8(7)11-9/h7-9,11H,1-6H2,(H,12,13)/t7-,8+,9+/m1/s1. The Hall–Kier alpha value is -0.570. The van der Waals surface area contributed by atoms with Crippen LogP contribution in [0.2, 0.25) is 0 Å². The maximum atomic E-state index is 10.8. The van der Waals surface area contributed by atoms with E-state index in [2.05, 4.69) is 5.32 Å². The van der Waals surface area contributed by atoms with Gasteiger partial charge in [0.05, 0.1) is 0 Å². The predicted octanol–water partition coefficient (Wildman–Crippen LogP) is 1.38. The van der Waals surface area contributed by atoms with Crippen molar-refractivity contribution in [3.05, 3.63) is 0 Å². The molecule has 0 amide bonds. The third kappa shape index (κ3) is 1.85. The SMILES string of the molecule is O=C(O)[C@@H]1CC[C@H]2CCCC[C@@H]2N1. The van der Waals surface area contributed by atoms with Crippen LogP contribution in [0.15, 0.2) is 0 Å². The zero-order valence-corrected chi connectivity index (χ0v) is 7.83. The summed E-state index contributed by atoms with van der Waals surface area (Å²) < 4.78 is 0. The van der Waals surface area contributed by atoms with Gasteiger partial charge in [-0.3, -0.25) is 4.79 Å². The van der Waals surface area contributed by atoms with E-state index in [0.29, 0.717) is 6.04 Å². The number of aliphatic carboxylic acids is 1. The zero-order valence-electron chi connectivity index (χ0n) is 7.83. The lowest BCUT2D eigenvalue weighted by Crippen LogP contribution is -2.51. The van der Waals surface area contributed by atoms with Crippen molar-refractivity contribution in [2.45, 2.75) is 50.6 Å². The van der Waals surface area contributed by atoms with Crippen molar-refractivity contribution in [1.82, 2.24) is 5.32 Å². The molecule has 3 heteroatoms. The van der Waals surface area contributed by atoms with E-state index in [0.717, 1.165) is 18.8 Å². The minimum atomic E-state index is -0.677. The molecular formula is C10H17NO2. The largest absolute Gasteiger partial charge is 0.480 e. The topological polar surface area (TPSA) is 49.3 Å². The van der Waals surface area contributed by atoms with Gasteiger partial charge < -0.3 is 10.4 Å². The Morgan fingerprint density at radius 3 is 2.69 bits per heavy atom. The lowest BCUT2D eigenvalue weighted by Gasteiger charge is -2.39. The molecule has 13 heavy (non-hydrogen) atoms. The van der Waals surface area contributed by atoms with E-state index in [-0.39, 0.29) is 6.04 Å². The first-order valence-electron chi connectivity index (χ1n) is 5.26. The van der Waals surface area contributed by atoms with E-state index >= 15 is 0 Å². The Morgan fingerprint density at radius 1 is 1.15 bits per heavy atom. The molecule has 2 aliphatic rings. The predicted molar refractivity (Wildman–Crippen MR) is 49.5 cm³/mol. The van der Waals surface area contributed by atoms with E-state index in [4.69, 9.17) is 5.11 Å². The molecule has 1 aliphatic heterocycles. The molecule has 2 fully saturated rings. The Kier molecular flexibility index (Phi) is 2.54. The lowest BCUT2D eigenvalue weighted by molar-refractivity contribution is -0.141. The van der Waals surface area contributed by atoms with Crippen molar-refractivity contribution in [3.63, 3.8) is 0 Å². The van der Waals surface area contributed by atoms with Crippen LogP contribution in [0.3, 0.4) is 0 Å². The third-order valence-electron chi connectivity index (χ3n) is 3.45. The van der Waals surface area contributed by atoms with Crippen molar-refractivity contribution >= 4 is 5.97 Å². The maximum absolute atomic E-state index is 10.8. The van der Waals surface area contributed by atoms with Gasteiger partial charge in [0.1, 0.15) is 6.04 Å². The van der Waals surface area contributed by atoms with Crippen LogP contribution in [-0.2, 0) is 4.79 Å². The smallest absolute Gasteiger partial charge is 0.320 e. The molecule has 0 aromatic heterocycles. The van der Waals surface area contributed by atoms with E-state index in [1.165, 1.54) is 25.7 Å². The summed E-state index contributed by atoms with van der Waals surface area (Å²) in [7, 11) is 0. The van der Waals surface area contributed by atoms with Crippen LogP contribution in [-0.4, -0.2) is 23.2 Å². The van der Waals surface area contributed by atoms with Gasteiger partial charge in [-0.25, -0.2) is 0 Å². The van der Waals surface area contributed by atoms with E-state index in [1.54, 1.807) is 0 Å². The fraction of sp³-hybridized carbons (Fsp3) is 0.900. The molecule has 0 radical (unpaired) electrons. The maximum Gasteiger partial charge on any atom is 0.320 e. The van der Waals surface area contributed by atoms with Crippen LogP contribution in [0.5, 0.6) is 0 Å². The number of carbonyl (C=O) groups is 1. The van der Waals surface area contributed by atoms with E-state index in [1.807, 2.05) is 0 Å². The summed E-state index contributed by atoms with van der Waals surface area (Å²) in [6, 6.07) is 0.211. The summed E-state index contributed by atoms with van der Waals surface area (Å²) in [5, 5.41) is 12.1. The minimum absolute atomic E-state index is 0.278. The fourth-order valence-corrected chi connectivity index (χ4v) is 2.69. The molecule has 0 aromatic rings. The highest BCUT2D eigenvalue weighted by Crippen LogP contribution is 2.32. The first-order chi connectivity index (χ1) is 6.27. The molecule has 1 saturated heterocycles. The number of rotatable bonds is 1. The summed E-state index contributed by atoms with van der Waals surface area (Å²) in [6.45, 7) is 0. The van der Waals surface area contributed by atoms with E-state index in [9.17, 15) is 4.79 Å². The Balaban J connectivity index is 1.95. The first kappa shape index (κ1) is 9.00. The highest BCUT2D eigenvalue weighted by Gasteiger charge is 2.34. The van der Waals surface area contributed by atoms with Crippen LogP contribution in [0.4, 0.5) is 0 Å². The number of carboxylic acid groups (broad SMARTS) is 1. The van der Waals surface area contributed by atoms with Gasteiger partial charge in [0.25, 0.3) is 0 Å². The van der Waals surface area contributed by atoms with Gasteiger partial charge in [-0.15, -0.1) is 0 Å². The second-order valence-corrected chi connectivity index (χ2v) is 4.29. The zero-order chi connectivity index (χ0) is 9.26. The molecule has 3 atom stereocenters. The molecule has 1 saturated carbocycles. The molecule has 3 nitrogen and oxygen atoms in total. The Bertz CT molecular complexity index is 205. The Labute approximate surface area is 78.5 Å². The average Bonchev–Trinajstić information content (AvgIpc) is 2.17. The Morgan fingerprint density at radius 2 is 1.92 bits per heavy atom. The lowest BCUT2D eigenvalue weighted by atomic mass is 9.78. The van der Waals surface area contributed by atoms with Crippen LogP contribution < -0.4 is 5.32 Å². The number of carboxylic acids is 1. The number of fused-ring (bicyclic) bond motifs is 1. The number of hydrogen-bond donors (Lipinski definition) is 2. The van der Waals surface area contributed by atoms with Crippen LogP contribution >= 0.6 is 0 Å². The molecule has 1 heterocycles. The molecule has 74 valence electrons. The van der Waals surface area contributed by atoms with Crippen LogP contribution in [0.25, 0.3) is 0 Å². The second-order valence-electron chi connectivity index (χ2n) is 4.29. The van der Waals surface area contributed by atoms with E-state index < -0.39 is 5.97 Å². The van der Waals surface area contributed by atoms with Crippen LogP contribution in [0.1, 0.15) is 38.5 Å². The van der Waals surface area contributed by atoms with Gasteiger partial charge in [0.15, 0.2) is 0 Å². The van der Waals surface area contributed by atoms with Crippen molar-refractivity contribution in [2.24, 2.45) is 5.92 Å². The summed E-state index contributed by atoms with van der Waals surface area (Å²) in [6.07, 6.45) is 6.99. The monoisotopic (exact) mass is 183 g/mol. The van der Waals surface area contributed by atoms with Gasteiger partial charge in [0, 0.05) is 6.04 Å². The molecule has 0 spiro atoms. The van der Waals surface area contributed by atoms with Crippen molar-refractivity contribution in [2.75, 3.05) is 0 Å². The van der Waals surface area contributed by atoms with Gasteiger partial charge in [-0.2, -0.15) is 0 Å².